The van der Waals surface area contributed by atoms with Gasteiger partial charge in [-0.1, -0.05) is 39.3 Å². The van der Waals surface area contributed by atoms with Gasteiger partial charge in [0, 0.05) is 5.92 Å². The van der Waals surface area contributed by atoms with Crippen LogP contribution in [0.2, 0.25) is 5.15 Å². The lowest BCUT2D eigenvalue weighted by Gasteiger charge is -2.12. The predicted octanol–water partition coefficient (Wildman–Crippen LogP) is 3.94. The second-order valence-corrected chi connectivity index (χ2v) is 5.44. The fourth-order valence-corrected chi connectivity index (χ4v) is 2.56. The summed E-state index contributed by atoms with van der Waals surface area (Å²) < 4.78 is 1.75. The van der Waals surface area contributed by atoms with Gasteiger partial charge in [0.15, 0.2) is 11.5 Å². The van der Waals surface area contributed by atoms with Gasteiger partial charge in [-0.05, 0) is 30.0 Å². The van der Waals surface area contributed by atoms with E-state index in [1.165, 1.54) is 5.56 Å². The first-order valence-electron chi connectivity index (χ1n) is 5.97. The van der Waals surface area contributed by atoms with E-state index < -0.39 is 0 Å². The van der Waals surface area contributed by atoms with Gasteiger partial charge in [-0.25, -0.2) is 9.50 Å². The van der Waals surface area contributed by atoms with Crippen molar-refractivity contribution in [2.24, 2.45) is 0 Å². The quantitative estimate of drug-likeness (QED) is 0.757. The lowest BCUT2D eigenvalue weighted by atomic mass is 10.0. The molecule has 92 valence electrons. The maximum Gasteiger partial charge on any atom is 0.157 e. The minimum Gasteiger partial charge on any atom is -0.212 e. The molecule has 0 saturated heterocycles. The molecule has 3 nitrogen and oxygen atoms in total. The highest BCUT2D eigenvalue weighted by molar-refractivity contribution is 6.30. The van der Waals surface area contributed by atoms with Gasteiger partial charge in [-0.15, -0.1) is 5.10 Å². The maximum absolute atomic E-state index is 6.42. The number of halogens is 1. The number of fused-ring (bicyclic) bond motifs is 1. The van der Waals surface area contributed by atoms with Gasteiger partial charge in [0.05, 0.1) is 0 Å². The first-order chi connectivity index (χ1) is 7.91. The molecule has 0 aliphatic heterocycles. The molecule has 2 aromatic heterocycles. The van der Waals surface area contributed by atoms with E-state index in [4.69, 9.17) is 11.6 Å². The summed E-state index contributed by atoms with van der Waals surface area (Å²) in [5.41, 5.74) is 3.17. The zero-order valence-electron chi connectivity index (χ0n) is 11.0. The number of rotatable bonds is 2. The summed E-state index contributed by atoms with van der Waals surface area (Å²) in [5.74, 6) is 1.54. The van der Waals surface area contributed by atoms with E-state index in [9.17, 15) is 0 Å². The summed E-state index contributed by atoms with van der Waals surface area (Å²) in [6, 6.07) is 2.06. The monoisotopic (exact) mass is 251 g/mol. The van der Waals surface area contributed by atoms with E-state index in [0.29, 0.717) is 17.0 Å². The van der Waals surface area contributed by atoms with Gasteiger partial charge in [0.1, 0.15) is 5.15 Å². The molecule has 0 radical (unpaired) electrons. The van der Waals surface area contributed by atoms with Gasteiger partial charge in [0.2, 0.25) is 0 Å². The standard InChI is InChI=1S/C13H18ClN3/c1-7(2)11-9(5)6-10-15-13(8(3)4)16-17(10)12(11)14/h6-8H,1-5H3. The molecular weight excluding hydrogens is 234 g/mol. The molecule has 4 heteroatoms. The molecular formula is C13H18ClN3. The molecule has 0 spiro atoms. The Morgan fingerprint density at radius 2 is 1.82 bits per heavy atom. The van der Waals surface area contributed by atoms with Crippen molar-refractivity contribution in [2.75, 3.05) is 0 Å². The molecule has 0 aromatic carbocycles. The second kappa shape index (κ2) is 4.30. The molecule has 2 aromatic rings. The van der Waals surface area contributed by atoms with Crippen molar-refractivity contribution >= 4 is 17.2 Å². The van der Waals surface area contributed by atoms with Crippen LogP contribution in [-0.2, 0) is 0 Å². The van der Waals surface area contributed by atoms with E-state index in [2.05, 4.69) is 50.8 Å². The summed E-state index contributed by atoms with van der Waals surface area (Å²) >= 11 is 6.42. The first kappa shape index (κ1) is 12.4. The summed E-state index contributed by atoms with van der Waals surface area (Å²) in [6.07, 6.45) is 0. The average molecular weight is 252 g/mol. The SMILES string of the molecule is Cc1cc2nc(C(C)C)nn2c(Cl)c1C(C)C. The van der Waals surface area contributed by atoms with Crippen LogP contribution in [0.4, 0.5) is 0 Å². The molecule has 0 aliphatic carbocycles. The average Bonchev–Trinajstić information content (AvgIpc) is 2.60. The largest absolute Gasteiger partial charge is 0.212 e. The summed E-state index contributed by atoms with van der Waals surface area (Å²) in [7, 11) is 0. The minimum absolute atomic E-state index is 0.314. The van der Waals surface area contributed by atoms with E-state index in [1.807, 2.05) is 0 Å². The molecule has 0 fully saturated rings. The third-order valence-corrected chi connectivity index (χ3v) is 3.28. The Hall–Kier alpha value is -1.09. The molecule has 17 heavy (non-hydrogen) atoms. The molecule has 0 unspecified atom stereocenters. The molecule has 2 heterocycles. The first-order valence-corrected chi connectivity index (χ1v) is 6.35. The predicted molar refractivity (Wildman–Crippen MR) is 70.9 cm³/mol. The Bertz CT molecular complexity index is 555. The number of hydrogen-bond donors (Lipinski definition) is 0. The van der Waals surface area contributed by atoms with Crippen molar-refractivity contribution in [3.63, 3.8) is 0 Å². The Morgan fingerprint density at radius 3 is 2.35 bits per heavy atom. The topological polar surface area (TPSA) is 30.2 Å². The van der Waals surface area contributed by atoms with Crippen LogP contribution in [0.15, 0.2) is 6.07 Å². The highest BCUT2D eigenvalue weighted by Crippen LogP contribution is 2.29. The zero-order chi connectivity index (χ0) is 12.7. The number of pyridine rings is 1. The lowest BCUT2D eigenvalue weighted by Crippen LogP contribution is -2.01. The number of aromatic nitrogens is 3. The van der Waals surface area contributed by atoms with Crippen LogP contribution >= 0.6 is 11.6 Å². The van der Waals surface area contributed by atoms with Crippen LogP contribution in [-0.4, -0.2) is 14.6 Å². The third kappa shape index (κ3) is 2.04. The smallest absolute Gasteiger partial charge is 0.157 e. The fourth-order valence-electron chi connectivity index (χ4n) is 2.06. The van der Waals surface area contributed by atoms with Crippen LogP contribution in [0.25, 0.3) is 5.65 Å². The molecule has 2 rings (SSSR count). The zero-order valence-corrected chi connectivity index (χ0v) is 11.7. The van der Waals surface area contributed by atoms with Crippen molar-refractivity contribution in [1.82, 2.24) is 14.6 Å². The second-order valence-electron chi connectivity index (χ2n) is 5.08. The van der Waals surface area contributed by atoms with Crippen molar-refractivity contribution < 1.29 is 0 Å². The Labute approximate surface area is 107 Å². The maximum atomic E-state index is 6.42. The van der Waals surface area contributed by atoms with E-state index in [0.717, 1.165) is 17.0 Å². The Kier molecular flexibility index (Phi) is 3.13. The van der Waals surface area contributed by atoms with Gasteiger partial charge in [0.25, 0.3) is 0 Å². The summed E-state index contributed by atoms with van der Waals surface area (Å²) in [6.45, 7) is 10.5. The number of hydrogen-bond acceptors (Lipinski definition) is 2. The van der Waals surface area contributed by atoms with Crippen molar-refractivity contribution in [2.45, 2.75) is 46.5 Å². The van der Waals surface area contributed by atoms with E-state index >= 15 is 0 Å². The van der Waals surface area contributed by atoms with Crippen molar-refractivity contribution in [1.29, 1.82) is 0 Å². The van der Waals surface area contributed by atoms with Gasteiger partial charge in [-0.3, -0.25) is 0 Å². The van der Waals surface area contributed by atoms with E-state index in [-0.39, 0.29) is 0 Å². The van der Waals surface area contributed by atoms with Crippen LogP contribution in [0.3, 0.4) is 0 Å². The molecule has 0 bridgehead atoms. The minimum atomic E-state index is 0.314. The van der Waals surface area contributed by atoms with Crippen molar-refractivity contribution in [3.05, 3.63) is 28.2 Å². The molecule has 0 atom stereocenters. The van der Waals surface area contributed by atoms with Gasteiger partial charge < -0.3 is 0 Å². The van der Waals surface area contributed by atoms with Crippen LogP contribution < -0.4 is 0 Å². The molecule has 0 saturated carbocycles. The number of aryl methyl sites for hydroxylation is 1. The highest BCUT2D eigenvalue weighted by atomic mass is 35.5. The number of nitrogens with zero attached hydrogens (tertiary/aromatic N) is 3. The molecule has 0 aliphatic rings. The molecule has 0 amide bonds. The third-order valence-electron chi connectivity index (χ3n) is 2.92. The van der Waals surface area contributed by atoms with E-state index in [1.54, 1.807) is 4.52 Å². The Balaban J connectivity index is 2.74. The molecule has 0 N–H and O–H groups in total. The highest BCUT2D eigenvalue weighted by Gasteiger charge is 2.16. The van der Waals surface area contributed by atoms with Gasteiger partial charge in [-0.2, -0.15) is 0 Å². The van der Waals surface area contributed by atoms with Crippen LogP contribution in [0, 0.1) is 6.92 Å². The Morgan fingerprint density at radius 1 is 1.18 bits per heavy atom. The lowest BCUT2D eigenvalue weighted by molar-refractivity contribution is 0.759. The normalized spacial score (nSPS) is 12.0. The van der Waals surface area contributed by atoms with Crippen LogP contribution in [0.5, 0.6) is 0 Å². The van der Waals surface area contributed by atoms with Crippen molar-refractivity contribution in [3.8, 4) is 0 Å². The fraction of sp³-hybridized carbons (Fsp3) is 0.538. The summed E-state index contributed by atoms with van der Waals surface area (Å²) in [5, 5.41) is 5.16. The van der Waals surface area contributed by atoms with Gasteiger partial charge >= 0.3 is 0 Å². The summed E-state index contributed by atoms with van der Waals surface area (Å²) in [4.78, 5) is 4.50. The van der Waals surface area contributed by atoms with Crippen LogP contribution in [0.1, 0.15) is 56.5 Å².